The van der Waals surface area contributed by atoms with E-state index in [2.05, 4.69) is 9.88 Å². The first kappa shape index (κ1) is 18.1. The first-order chi connectivity index (χ1) is 12.3. The van der Waals surface area contributed by atoms with Crippen LogP contribution in [0.5, 0.6) is 0 Å². The summed E-state index contributed by atoms with van der Waals surface area (Å²) in [6, 6.07) is 4.89. The van der Waals surface area contributed by atoms with E-state index in [1.165, 1.54) is 6.92 Å². The highest BCUT2D eigenvalue weighted by atomic mass is 19.1. The first-order valence-corrected chi connectivity index (χ1v) is 8.43. The number of nitrogens with zero attached hydrogens (tertiary/aromatic N) is 1. The molecule has 0 aliphatic heterocycles. The highest BCUT2D eigenvalue weighted by Gasteiger charge is 2.29. The van der Waals surface area contributed by atoms with Gasteiger partial charge in [-0.2, -0.15) is 0 Å². The standard InChI is InChI=1S/C19H20F2N2O3/c1-10-8-15(11(2)23(10)14-5-6-14)19(25)26-12(3)18(24)22-17-9-13(20)4-7-16(17)21/h4,7-9,12,14H,5-6H2,1-3H3,(H,22,24)/t12-/m0/s1. The molecule has 138 valence electrons. The number of hydrogen-bond acceptors (Lipinski definition) is 3. The molecule has 1 atom stereocenters. The molecule has 0 spiro atoms. The van der Waals surface area contributed by atoms with Crippen molar-refractivity contribution in [2.75, 3.05) is 5.32 Å². The quantitative estimate of drug-likeness (QED) is 0.821. The molecular weight excluding hydrogens is 342 g/mol. The Morgan fingerprint density at radius 3 is 2.58 bits per heavy atom. The maximum absolute atomic E-state index is 13.6. The van der Waals surface area contributed by atoms with Crippen LogP contribution >= 0.6 is 0 Å². The van der Waals surface area contributed by atoms with Gasteiger partial charge in [-0.3, -0.25) is 4.79 Å². The predicted octanol–water partition coefficient (Wildman–Crippen LogP) is 3.90. The number of amides is 1. The minimum absolute atomic E-state index is 0.301. The number of carbonyl (C=O) groups is 2. The van der Waals surface area contributed by atoms with Gasteiger partial charge in [0.2, 0.25) is 0 Å². The summed E-state index contributed by atoms with van der Waals surface area (Å²) in [6.07, 6.45) is 1.01. The lowest BCUT2D eigenvalue weighted by molar-refractivity contribution is -0.123. The van der Waals surface area contributed by atoms with Crippen LogP contribution in [0.15, 0.2) is 24.3 Å². The van der Waals surface area contributed by atoms with Crippen LogP contribution in [0.4, 0.5) is 14.5 Å². The van der Waals surface area contributed by atoms with E-state index in [0.717, 1.165) is 42.4 Å². The smallest absolute Gasteiger partial charge is 0.340 e. The maximum Gasteiger partial charge on any atom is 0.340 e. The van der Waals surface area contributed by atoms with Gasteiger partial charge in [-0.05, 0) is 51.8 Å². The molecule has 3 rings (SSSR count). The molecule has 1 aromatic heterocycles. The molecule has 1 amide bonds. The number of halogens is 2. The predicted molar refractivity (Wildman–Crippen MR) is 92.0 cm³/mol. The summed E-state index contributed by atoms with van der Waals surface area (Å²) in [5.41, 5.74) is 1.88. The van der Waals surface area contributed by atoms with Gasteiger partial charge in [-0.1, -0.05) is 0 Å². The monoisotopic (exact) mass is 362 g/mol. The minimum Gasteiger partial charge on any atom is -0.449 e. The van der Waals surface area contributed by atoms with Crippen LogP contribution < -0.4 is 5.32 Å². The molecule has 0 unspecified atom stereocenters. The summed E-state index contributed by atoms with van der Waals surface area (Å²) in [7, 11) is 0. The number of anilines is 1. The number of rotatable bonds is 5. The van der Waals surface area contributed by atoms with Crippen molar-refractivity contribution < 1.29 is 23.1 Å². The van der Waals surface area contributed by atoms with Crippen LogP contribution in [0.1, 0.15) is 47.6 Å². The number of carbonyl (C=O) groups excluding carboxylic acids is 2. The van der Waals surface area contributed by atoms with Gasteiger partial charge in [0.1, 0.15) is 11.6 Å². The molecule has 0 bridgehead atoms. The van der Waals surface area contributed by atoms with Crippen LogP contribution in [0.25, 0.3) is 0 Å². The van der Waals surface area contributed by atoms with Gasteiger partial charge >= 0.3 is 5.97 Å². The second-order valence-electron chi connectivity index (χ2n) is 6.55. The maximum atomic E-state index is 13.6. The largest absolute Gasteiger partial charge is 0.449 e. The SMILES string of the molecule is Cc1cc(C(=O)O[C@@H](C)C(=O)Nc2cc(F)ccc2F)c(C)n1C1CC1. The summed E-state index contributed by atoms with van der Waals surface area (Å²) in [5.74, 6) is -2.81. The fraction of sp³-hybridized carbons (Fsp3) is 0.368. The lowest BCUT2D eigenvalue weighted by atomic mass is 10.2. The Morgan fingerprint density at radius 2 is 1.92 bits per heavy atom. The van der Waals surface area contributed by atoms with Crippen LogP contribution in [0.2, 0.25) is 0 Å². The Labute approximate surface area is 150 Å². The molecule has 2 aromatic rings. The molecule has 1 aliphatic carbocycles. The second-order valence-corrected chi connectivity index (χ2v) is 6.55. The van der Waals surface area contributed by atoms with Crippen molar-refractivity contribution >= 4 is 17.6 Å². The lowest BCUT2D eigenvalue weighted by Crippen LogP contribution is -2.30. The Bertz CT molecular complexity index is 872. The number of aryl methyl sites for hydroxylation is 1. The zero-order chi connectivity index (χ0) is 19.0. The van der Waals surface area contributed by atoms with E-state index in [4.69, 9.17) is 4.74 Å². The number of benzene rings is 1. The molecule has 0 saturated heterocycles. The van der Waals surface area contributed by atoms with Gasteiger partial charge in [0, 0.05) is 23.5 Å². The fourth-order valence-corrected chi connectivity index (χ4v) is 2.98. The third-order valence-corrected chi connectivity index (χ3v) is 4.46. The van der Waals surface area contributed by atoms with Crippen LogP contribution in [-0.2, 0) is 9.53 Å². The molecule has 1 aromatic carbocycles. The molecule has 1 heterocycles. The highest BCUT2D eigenvalue weighted by molar-refractivity contribution is 5.97. The van der Waals surface area contributed by atoms with Gasteiger partial charge in [0.15, 0.2) is 6.10 Å². The lowest BCUT2D eigenvalue weighted by Gasteiger charge is -2.14. The zero-order valence-electron chi connectivity index (χ0n) is 14.8. The average molecular weight is 362 g/mol. The molecule has 0 radical (unpaired) electrons. The Hall–Kier alpha value is -2.70. The molecule has 1 fully saturated rings. The summed E-state index contributed by atoms with van der Waals surface area (Å²) < 4.78 is 34.1. The minimum atomic E-state index is -1.16. The molecule has 1 aliphatic rings. The van der Waals surface area contributed by atoms with E-state index >= 15 is 0 Å². The molecule has 1 N–H and O–H groups in total. The van der Waals surface area contributed by atoms with Gasteiger partial charge in [-0.15, -0.1) is 0 Å². The van der Waals surface area contributed by atoms with Gasteiger partial charge in [0.05, 0.1) is 11.3 Å². The zero-order valence-corrected chi connectivity index (χ0v) is 14.8. The van der Waals surface area contributed by atoms with Crippen molar-refractivity contribution in [3.63, 3.8) is 0 Å². The Balaban J connectivity index is 1.68. The second kappa shape index (κ2) is 6.90. The third-order valence-electron chi connectivity index (χ3n) is 4.46. The van der Waals surface area contributed by atoms with Crippen LogP contribution in [0, 0.1) is 25.5 Å². The normalized spacial score (nSPS) is 14.8. The average Bonchev–Trinajstić information content (AvgIpc) is 3.36. The van der Waals surface area contributed by atoms with Crippen LogP contribution in [-0.4, -0.2) is 22.5 Å². The van der Waals surface area contributed by atoms with Crippen molar-refractivity contribution in [1.29, 1.82) is 0 Å². The summed E-state index contributed by atoms with van der Waals surface area (Å²) in [5, 5.41) is 2.23. The summed E-state index contributed by atoms with van der Waals surface area (Å²) >= 11 is 0. The Morgan fingerprint density at radius 1 is 1.23 bits per heavy atom. The van der Waals surface area contributed by atoms with Gasteiger partial charge in [0.25, 0.3) is 5.91 Å². The first-order valence-electron chi connectivity index (χ1n) is 8.43. The fourth-order valence-electron chi connectivity index (χ4n) is 2.98. The molecule has 7 heteroatoms. The summed E-state index contributed by atoms with van der Waals surface area (Å²) in [4.78, 5) is 24.5. The van der Waals surface area contributed by atoms with Gasteiger partial charge in [-0.25, -0.2) is 13.6 Å². The van der Waals surface area contributed by atoms with E-state index < -0.39 is 29.6 Å². The third kappa shape index (κ3) is 3.61. The Kier molecular flexibility index (Phi) is 4.80. The number of hydrogen-bond donors (Lipinski definition) is 1. The van der Waals surface area contributed by atoms with E-state index in [0.29, 0.717) is 11.6 Å². The van der Waals surface area contributed by atoms with Crippen molar-refractivity contribution in [2.24, 2.45) is 0 Å². The topological polar surface area (TPSA) is 60.3 Å². The van der Waals surface area contributed by atoms with E-state index in [-0.39, 0.29) is 5.69 Å². The van der Waals surface area contributed by atoms with Crippen LogP contribution in [0.3, 0.4) is 0 Å². The molecule has 5 nitrogen and oxygen atoms in total. The number of nitrogens with one attached hydrogen (secondary N) is 1. The summed E-state index contributed by atoms with van der Waals surface area (Å²) in [6.45, 7) is 5.14. The molecule has 1 saturated carbocycles. The van der Waals surface area contributed by atoms with E-state index in [9.17, 15) is 18.4 Å². The van der Waals surface area contributed by atoms with Gasteiger partial charge < -0.3 is 14.6 Å². The molecular formula is C19H20F2N2O3. The number of esters is 1. The highest BCUT2D eigenvalue weighted by Crippen LogP contribution is 2.38. The van der Waals surface area contributed by atoms with Crippen molar-refractivity contribution in [1.82, 2.24) is 4.57 Å². The van der Waals surface area contributed by atoms with E-state index in [1.54, 1.807) is 6.07 Å². The van der Waals surface area contributed by atoms with E-state index in [1.807, 2.05) is 13.8 Å². The number of aromatic nitrogens is 1. The molecule has 26 heavy (non-hydrogen) atoms. The van der Waals surface area contributed by atoms with Crippen molar-refractivity contribution in [3.05, 3.63) is 52.9 Å². The van der Waals surface area contributed by atoms with Crippen molar-refractivity contribution in [2.45, 2.75) is 45.8 Å². The van der Waals surface area contributed by atoms with Crippen molar-refractivity contribution in [3.8, 4) is 0 Å². The number of ether oxygens (including phenoxy) is 1.